The van der Waals surface area contributed by atoms with Crippen LogP contribution >= 0.6 is 11.3 Å². The molecule has 19 heavy (non-hydrogen) atoms. The summed E-state index contributed by atoms with van der Waals surface area (Å²) in [6.45, 7) is 1.70. The Kier molecular flexibility index (Phi) is 2.83. The van der Waals surface area contributed by atoms with Gasteiger partial charge in [0.2, 0.25) is 0 Å². The third-order valence-electron chi connectivity index (χ3n) is 2.91. The molecule has 0 atom stereocenters. The van der Waals surface area contributed by atoms with Crippen molar-refractivity contribution in [2.45, 2.75) is 6.92 Å². The van der Waals surface area contributed by atoms with Crippen LogP contribution < -0.4 is 0 Å². The Morgan fingerprint density at radius 3 is 2.89 bits per heavy atom. The number of fused-ring (bicyclic) bond motifs is 1. The smallest absolute Gasteiger partial charge is 0.343 e. The van der Waals surface area contributed by atoms with Gasteiger partial charge in [0.1, 0.15) is 17.0 Å². The maximum Gasteiger partial charge on any atom is 0.343 e. The molecule has 2 heterocycles. The van der Waals surface area contributed by atoms with Gasteiger partial charge in [-0.1, -0.05) is 23.4 Å². The van der Waals surface area contributed by atoms with Gasteiger partial charge < -0.3 is 9.26 Å². The van der Waals surface area contributed by atoms with Crippen molar-refractivity contribution in [2.24, 2.45) is 0 Å². The number of esters is 1. The number of thiophene rings is 1. The molecule has 0 saturated carbocycles. The molecule has 0 spiro atoms. The van der Waals surface area contributed by atoms with Crippen LogP contribution in [0.15, 0.2) is 34.9 Å². The minimum atomic E-state index is -0.425. The SMILES string of the molecule is COC(=O)c1c(-c2cc3ccccc3s2)noc1C. The largest absolute Gasteiger partial charge is 0.465 e. The van der Waals surface area contributed by atoms with E-state index in [1.807, 2.05) is 30.3 Å². The highest BCUT2D eigenvalue weighted by Gasteiger charge is 2.23. The molecule has 0 unspecified atom stereocenters. The first-order chi connectivity index (χ1) is 9.20. The first-order valence-corrected chi connectivity index (χ1v) is 6.56. The number of aryl methyl sites for hydroxylation is 1. The molecular formula is C14H11NO3S. The minimum absolute atomic E-state index is 0.397. The number of methoxy groups -OCH3 is 1. The van der Waals surface area contributed by atoms with Crippen molar-refractivity contribution < 1.29 is 14.1 Å². The van der Waals surface area contributed by atoms with Crippen molar-refractivity contribution >= 4 is 27.4 Å². The van der Waals surface area contributed by atoms with E-state index in [1.165, 1.54) is 7.11 Å². The highest BCUT2D eigenvalue weighted by Crippen LogP contribution is 2.35. The minimum Gasteiger partial charge on any atom is -0.465 e. The van der Waals surface area contributed by atoms with Crippen molar-refractivity contribution in [2.75, 3.05) is 7.11 Å². The number of benzene rings is 1. The average molecular weight is 273 g/mol. The van der Waals surface area contributed by atoms with E-state index in [0.29, 0.717) is 17.0 Å². The molecule has 0 fully saturated rings. The molecule has 0 radical (unpaired) electrons. The van der Waals surface area contributed by atoms with Gasteiger partial charge in [-0.05, 0) is 24.4 Å². The molecule has 0 aliphatic heterocycles. The second-order valence-electron chi connectivity index (χ2n) is 4.10. The Morgan fingerprint density at radius 2 is 2.16 bits per heavy atom. The van der Waals surface area contributed by atoms with Crippen LogP contribution in [0, 0.1) is 6.92 Å². The van der Waals surface area contributed by atoms with Crippen LogP contribution in [0.3, 0.4) is 0 Å². The van der Waals surface area contributed by atoms with Gasteiger partial charge in [0.25, 0.3) is 0 Å². The summed E-state index contributed by atoms with van der Waals surface area (Å²) >= 11 is 1.58. The second kappa shape index (κ2) is 4.51. The normalized spacial score (nSPS) is 10.8. The van der Waals surface area contributed by atoms with Gasteiger partial charge in [-0.25, -0.2) is 4.79 Å². The number of nitrogens with zero attached hydrogens (tertiary/aromatic N) is 1. The Morgan fingerprint density at radius 1 is 1.37 bits per heavy atom. The predicted molar refractivity (Wildman–Crippen MR) is 73.4 cm³/mol. The Labute approximate surface area is 113 Å². The third-order valence-corrected chi connectivity index (χ3v) is 4.03. The Bertz CT molecular complexity index is 724. The Hall–Kier alpha value is -2.14. The van der Waals surface area contributed by atoms with Gasteiger partial charge in [-0.15, -0.1) is 11.3 Å². The highest BCUT2D eigenvalue weighted by molar-refractivity contribution is 7.22. The lowest BCUT2D eigenvalue weighted by atomic mass is 10.1. The van der Waals surface area contributed by atoms with Crippen LogP contribution in [0.2, 0.25) is 0 Å². The van der Waals surface area contributed by atoms with Gasteiger partial charge in [-0.3, -0.25) is 0 Å². The molecule has 5 heteroatoms. The first-order valence-electron chi connectivity index (χ1n) is 5.74. The molecular weight excluding hydrogens is 262 g/mol. The summed E-state index contributed by atoms with van der Waals surface area (Å²) in [6, 6.07) is 10.0. The third kappa shape index (κ3) is 1.92. The van der Waals surface area contributed by atoms with Crippen LogP contribution in [0.5, 0.6) is 0 Å². The fourth-order valence-electron chi connectivity index (χ4n) is 1.98. The molecule has 0 aliphatic rings. The van der Waals surface area contributed by atoms with Crippen LogP contribution in [0.1, 0.15) is 16.1 Å². The maximum atomic E-state index is 11.8. The standard InChI is InChI=1S/C14H11NO3S/c1-8-12(14(16)17-2)13(15-18-8)11-7-9-5-3-4-6-10(9)19-11/h3-7H,1-2H3. The molecule has 3 aromatic rings. The number of rotatable bonds is 2. The van der Waals surface area contributed by atoms with Crippen LogP contribution in [-0.4, -0.2) is 18.2 Å². The zero-order chi connectivity index (χ0) is 13.4. The number of hydrogen-bond donors (Lipinski definition) is 0. The molecule has 0 amide bonds. The van der Waals surface area contributed by atoms with Gasteiger partial charge in [0.15, 0.2) is 0 Å². The van der Waals surface area contributed by atoms with Crippen molar-refractivity contribution in [3.8, 4) is 10.6 Å². The van der Waals surface area contributed by atoms with E-state index in [-0.39, 0.29) is 0 Å². The summed E-state index contributed by atoms with van der Waals surface area (Å²) in [5, 5.41) is 5.11. The van der Waals surface area contributed by atoms with E-state index < -0.39 is 5.97 Å². The fourth-order valence-corrected chi connectivity index (χ4v) is 3.03. The fraction of sp³-hybridized carbons (Fsp3) is 0.143. The highest BCUT2D eigenvalue weighted by atomic mass is 32.1. The van der Waals surface area contributed by atoms with E-state index in [4.69, 9.17) is 9.26 Å². The van der Waals surface area contributed by atoms with Crippen molar-refractivity contribution in [3.05, 3.63) is 41.7 Å². The Balaban J connectivity index is 2.19. The number of aromatic nitrogens is 1. The molecule has 96 valence electrons. The number of carbonyl (C=O) groups is 1. The van der Waals surface area contributed by atoms with Crippen molar-refractivity contribution in [1.82, 2.24) is 5.16 Å². The lowest BCUT2D eigenvalue weighted by Crippen LogP contribution is -2.03. The summed E-state index contributed by atoms with van der Waals surface area (Å²) in [5.74, 6) is 0.0468. The molecule has 2 aromatic heterocycles. The number of ether oxygens (including phenoxy) is 1. The quantitative estimate of drug-likeness (QED) is 0.669. The molecule has 0 N–H and O–H groups in total. The maximum absolute atomic E-state index is 11.8. The second-order valence-corrected chi connectivity index (χ2v) is 5.19. The molecule has 0 aliphatic carbocycles. The molecule has 0 saturated heterocycles. The van der Waals surface area contributed by atoms with Crippen LogP contribution in [0.25, 0.3) is 20.7 Å². The number of carbonyl (C=O) groups excluding carboxylic acids is 1. The average Bonchev–Trinajstić information content (AvgIpc) is 3.00. The van der Waals surface area contributed by atoms with E-state index in [2.05, 4.69) is 5.16 Å². The van der Waals surface area contributed by atoms with Gasteiger partial charge in [0, 0.05) is 4.70 Å². The van der Waals surface area contributed by atoms with E-state index >= 15 is 0 Å². The number of hydrogen-bond acceptors (Lipinski definition) is 5. The summed E-state index contributed by atoms with van der Waals surface area (Å²) < 4.78 is 11.0. The molecule has 3 rings (SSSR count). The van der Waals surface area contributed by atoms with Gasteiger partial charge >= 0.3 is 5.97 Å². The summed E-state index contributed by atoms with van der Waals surface area (Å²) in [4.78, 5) is 12.7. The molecule has 4 nitrogen and oxygen atoms in total. The van der Waals surface area contributed by atoms with Gasteiger partial charge in [-0.2, -0.15) is 0 Å². The zero-order valence-electron chi connectivity index (χ0n) is 10.5. The predicted octanol–water partition coefficient (Wildman–Crippen LogP) is 3.65. The van der Waals surface area contributed by atoms with Crippen molar-refractivity contribution in [1.29, 1.82) is 0 Å². The summed E-state index contributed by atoms with van der Waals surface area (Å²) in [5.41, 5.74) is 0.944. The van der Waals surface area contributed by atoms with Crippen LogP contribution in [-0.2, 0) is 4.74 Å². The van der Waals surface area contributed by atoms with Crippen LogP contribution in [0.4, 0.5) is 0 Å². The van der Waals surface area contributed by atoms with Gasteiger partial charge in [0.05, 0.1) is 12.0 Å². The lowest BCUT2D eigenvalue weighted by molar-refractivity contribution is 0.0599. The van der Waals surface area contributed by atoms with E-state index in [9.17, 15) is 4.79 Å². The molecule has 1 aromatic carbocycles. The van der Waals surface area contributed by atoms with E-state index in [1.54, 1.807) is 18.3 Å². The molecule has 0 bridgehead atoms. The summed E-state index contributed by atoms with van der Waals surface area (Å²) in [7, 11) is 1.35. The summed E-state index contributed by atoms with van der Waals surface area (Å²) in [6.07, 6.45) is 0. The van der Waals surface area contributed by atoms with E-state index in [0.717, 1.165) is 15.0 Å². The first kappa shape index (κ1) is 11.9. The topological polar surface area (TPSA) is 52.3 Å². The lowest BCUT2D eigenvalue weighted by Gasteiger charge is -1.97. The zero-order valence-corrected chi connectivity index (χ0v) is 11.3. The monoisotopic (exact) mass is 273 g/mol. The van der Waals surface area contributed by atoms with Crippen molar-refractivity contribution in [3.63, 3.8) is 0 Å².